The number of carbonyl (C=O) groups is 1. The van der Waals surface area contributed by atoms with Gasteiger partial charge in [-0.2, -0.15) is 0 Å². The van der Waals surface area contributed by atoms with Gasteiger partial charge in [0.15, 0.2) is 0 Å². The molecular formula is C18H24N6O. The molecule has 3 rings (SSSR count). The van der Waals surface area contributed by atoms with Crippen molar-refractivity contribution in [1.82, 2.24) is 15.3 Å². The van der Waals surface area contributed by atoms with Crippen LogP contribution < -0.4 is 20.4 Å². The summed E-state index contributed by atoms with van der Waals surface area (Å²) in [6.45, 7) is 2.55. The van der Waals surface area contributed by atoms with E-state index in [9.17, 15) is 4.79 Å². The zero-order chi connectivity index (χ0) is 17.6. The van der Waals surface area contributed by atoms with Crippen LogP contribution in [-0.4, -0.2) is 43.2 Å². The number of nitrogens with one attached hydrogen (secondary N) is 2. The van der Waals surface area contributed by atoms with Gasteiger partial charge in [0, 0.05) is 39.9 Å². The predicted molar refractivity (Wildman–Crippen MR) is 100 cm³/mol. The number of rotatable bonds is 5. The maximum atomic E-state index is 12.1. The Morgan fingerprint density at radius 1 is 1.20 bits per heavy atom. The van der Waals surface area contributed by atoms with Gasteiger partial charge in [0.2, 0.25) is 0 Å². The third kappa shape index (κ3) is 4.59. The minimum absolute atomic E-state index is 0.251. The first-order valence-electron chi connectivity index (χ1n) is 8.50. The second kappa shape index (κ2) is 7.83. The minimum Gasteiger partial charge on any atom is -0.363 e. The van der Waals surface area contributed by atoms with E-state index in [0.29, 0.717) is 12.2 Å². The van der Waals surface area contributed by atoms with Crippen molar-refractivity contribution in [2.24, 2.45) is 0 Å². The van der Waals surface area contributed by atoms with E-state index >= 15 is 0 Å². The maximum absolute atomic E-state index is 12.1. The average molecular weight is 340 g/mol. The van der Waals surface area contributed by atoms with Gasteiger partial charge in [-0.15, -0.1) is 0 Å². The van der Waals surface area contributed by atoms with Gasteiger partial charge >= 0.3 is 6.03 Å². The third-order valence-corrected chi connectivity index (χ3v) is 4.16. The second-order valence-corrected chi connectivity index (χ2v) is 6.32. The van der Waals surface area contributed by atoms with E-state index in [1.165, 1.54) is 12.8 Å². The molecule has 2 amide bonds. The lowest BCUT2D eigenvalue weighted by molar-refractivity contribution is 0.251. The zero-order valence-electron chi connectivity index (χ0n) is 14.7. The number of pyridine rings is 2. The van der Waals surface area contributed by atoms with E-state index in [4.69, 9.17) is 0 Å². The molecule has 0 spiro atoms. The normalized spacial score (nSPS) is 13.6. The summed E-state index contributed by atoms with van der Waals surface area (Å²) in [6.07, 6.45) is 5.87. The summed E-state index contributed by atoms with van der Waals surface area (Å²) in [7, 11) is 3.87. The summed E-state index contributed by atoms with van der Waals surface area (Å²) < 4.78 is 0. The van der Waals surface area contributed by atoms with Crippen molar-refractivity contribution >= 4 is 23.4 Å². The molecule has 25 heavy (non-hydrogen) atoms. The van der Waals surface area contributed by atoms with Crippen LogP contribution in [0.4, 0.5) is 22.1 Å². The molecule has 0 unspecified atom stereocenters. The number of urea groups is 1. The number of amides is 2. The Hall–Kier alpha value is -2.83. The van der Waals surface area contributed by atoms with Crippen LogP contribution in [0.15, 0.2) is 36.7 Å². The van der Waals surface area contributed by atoms with E-state index in [-0.39, 0.29) is 6.03 Å². The van der Waals surface area contributed by atoms with E-state index in [1.807, 2.05) is 43.3 Å². The SMILES string of the molecule is CN(C)c1cc(CNC(=O)Nc2ccc(N3CCCC3)nc2)ccn1. The smallest absolute Gasteiger partial charge is 0.319 e. The number of nitrogens with zero attached hydrogens (tertiary/aromatic N) is 4. The Morgan fingerprint density at radius 2 is 2.00 bits per heavy atom. The minimum atomic E-state index is -0.251. The quantitative estimate of drug-likeness (QED) is 0.875. The lowest BCUT2D eigenvalue weighted by Gasteiger charge is -2.16. The first-order valence-corrected chi connectivity index (χ1v) is 8.50. The van der Waals surface area contributed by atoms with Crippen molar-refractivity contribution in [1.29, 1.82) is 0 Å². The molecular weight excluding hydrogens is 316 g/mol. The first kappa shape index (κ1) is 17.0. The number of hydrogen-bond acceptors (Lipinski definition) is 5. The molecule has 0 aliphatic carbocycles. The van der Waals surface area contributed by atoms with Gasteiger partial charge in [-0.05, 0) is 42.7 Å². The van der Waals surface area contributed by atoms with E-state index < -0.39 is 0 Å². The number of carbonyl (C=O) groups excluding carboxylic acids is 1. The van der Waals surface area contributed by atoms with Crippen molar-refractivity contribution in [2.75, 3.05) is 42.3 Å². The van der Waals surface area contributed by atoms with Crippen molar-refractivity contribution < 1.29 is 4.79 Å². The fourth-order valence-corrected chi connectivity index (χ4v) is 2.77. The molecule has 1 aliphatic heterocycles. The summed E-state index contributed by atoms with van der Waals surface area (Å²) in [5, 5.41) is 5.66. The van der Waals surface area contributed by atoms with Crippen LogP contribution in [0.25, 0.3) is 0 Å². The Morgan fingerprint density at radius 3 is 2.68 bits per heavy atom. The second-order valence-electron chi connectivity index (χ2n) is 6.32. The van der Waals surface area contributed by atoms with Crippen LogP contribution in [0.5, 0.6) is 0 Å². The molecule has 7 heteroatoms. The highest BCUT2D eigenvalue weighted by Crippen LogP contribution is 2.19. The Balaban J connectivity index is 1.51. The van der Waals surface area contributed by atoms with Crippen molar-refractivity contribution in [3.05, 3.63) is 42.2 Å². The van der Waals surface area contributed by atoms with Gasteiger partial charge in [0.05, 0.1) is 11.9 Å². The molecule has 0 bridgehead atoms. The van der Waals surface area contributed by atoms with Crippen molar-refractivity contribution in [3.8, 4) is 0 Å². The number of hydrogen-bond donors (Lipinski definition) is 2. The van der Waals surface area contributed by atoms with Crippen LogP contribution in [0.1, 0.15) is 18.4 Å². The molecule has 7 nitrogen and oxygen atoms in total. The maximum Gasteiger partial charge on any atom is 0.319 e. The molecule has 1 fully saturated rings. The lowest BCUT2D eigenvalue weighted by Crippen LogP contribution is -2.28. The molecule has 132 valence electrons. The number of aromatic nitrogens is 2. The summed E-state index contributed by atoms with van der Waals surface area (Å²) in [5.41, 5.74) is 1.68. The molecule has 0 aromatic carbocycles. The fourth-order valence-electron chi connectivity index (χ4n) is 2.77. The van der Waals surface area contributed by atoms with E-state index in [1.54, 1.807) is 12.4 Å². The number of anilines is 3. The predicted octanol–water partition coefficient (Wildman–Crippen LogP) is 2.46. The first-order chi connectivity index (χ1) is 12.1. The zero-order valence-corrected chi connectivity index (χ0v) is 14.7. The van der Waals surface area contributed by atoms with Crippen LogP contribution in [0.2, 0.25) is 0 Å². The Bertz CT molecular complexity index is 710. The van der Waals surface area contributed by atoms with Gasteiger partial charge in [-0.1, -0.05) is 0 Å². The van der Waals surface area contributed by atoms with Crippen molar-refractivity contribution in [3.63, 3.8) is 0 Å². The van der Waals surface area contributed by atoms with Gasteiger partial charge in [-0.25, -0.2) is 14.8 Å². The molecule has 0 saturated carbocycles. The standard InChI is InChI=1S/C18H24N6O/c1-23(2)17-11-14(7-8-19-17)12-21-18(25)22-15-5-6-16(20-13-15)24-9-3-4-10-24/h5-8,11,13H,3-4,9-10,12H2,1-2H3,(H2,21,22,25). The molecule has 3 heterocycles. The fraction of sp³-hybridized carbons (Fsp3) is 0.389. The van der Waals surface area contributed by atoms with Crippen LogP contribution in [-0.2, 0) is 6.54 Å². The molecule has 1 saturated heterocycles. The van der Waals surface area contributed by atoms with Gasteiger partial charge in [0.1, 0.15) is 11.6 Å². The van der Waals surface area contributed by atoms with Gasteiger partial charge < -0.3 is 20.4 Å². The molecule has 2 aromatic heterocycles. The molecule has 0 radical (unpaired) electrons. The highest BCUT2D eigenvalue weighted by atomic mass is 16.2. The van der Waals surface area contributed by atoms with Gasteiger partial charge in [-0.3, -0.25) is 0 Å². The summed E-state index contributed by atoms with van der Waals surface area (Å²) in [6, 6.07) is 7.43. The van der Waals surface area contributed by atoms with Crippen LogP contribution in [0.3, 0.4) is 0 Å². The van der Waals surface area contributed by atoms with Gasteiger partial charge in [0.25, 0.3) is 0 Å². The summed E-state index contributed by atoms with van der Waals surface area (Å²) in [5.74, 6) is 1.83. The highest BCUT2D eigenvalue weighted by molar-refractivity contribution is 5.89. The van der Waals surface area contributed by atoms with Crippen LogP contribution in [0, 0.1) is 0 Å². The molecule has 2 aromatic rings. The van der Waals surface area contributed by atoms with Crippen molar-refractivity contribution in [2.45, 2.75) is 19.4 Å². The largest absolute Gasteiger partial charge is 0.363 e. The highest BCUT2D eigenvalue weighted by Gasteiger charge is 2.13. The summed E-state index contributed by atoms with van der Waals surface area (Å²) in [4.78, 5) is 24.9. The van der Waals surface area contributed by atoms with E-state index in [2.05, 4.69) is 25.5 Å². The Kier molecular flexibility index (Phi) is 5.33. The monoisotopic (exact) mass is 340 g/mol. The van der Waals surface area contributed by atoms with E-state index in [0.717, 1.165) is 30.3 Å². The molecule has 0 atom stereocenters. The topological polar surface area (TPSA) is 73.4 Å². The van der Waals surface area contributed by atoms with Crippen LogP contribution >= 0.6 is 0 Å². The average Bonchev–Trinajstić information content (AvgIpc) is 3.15. The Labute approximate surface area is 148 Å². The third-order valence-electron chi connectivity index (χ3n) is 4.16. The molecule has 1 aliphatic rings. The molecule has 2 N–H and O–H groups in total. The summed E-state index contributed by atoms with van der Waals surface area (Å²) >= 11 is 0. The lowest BCUT2D eigenvalue weighted by atomic mass is 10.2.